The molecule has 1 aliphatic rings. The Morgan fingerprint density at radius 3 is 2.96 bits per heavy atom. The second-order valence-corrected chi connectivity index (χ2v) is 7.05. The molecule has 0 saturated carbocycles. The average molecular weight is 324 g/mol. The Morgan fingerprint density at radius 2 is 2.09 bits per heavy atom. The minimum absolute atomic E-state index is 0.500. The number of benzene rings is 1. The second-order valence-electron chi connectivity index (χ2n) is 6.06. The molecule has 4 rings (SSSR count). The van der Waals surface area contributed by atoms with Crippen LogP contribution in [0.25, 0.3) is 11.1 Å². The first kappa shape index (κ1) is 14.6. The molecule has 3 aromatic rings. The van der Waals surface area contributed by atoms with Crippen molar-refractivity contribution in [3.63, 3.8) is 0 Å². The summed E-state index contributed by atoms with van der Waals surface area (Å²) in [5.74, 6) is 2.15. The molecule has 0 amide bonds. The smallest absolute Gasteiger partial charge is 0.133 e. The summed E-state index contributed by atoms with van der Waals surface area (Å²) >= 11 is 1.83. The Labute approximate surface area is 140 Å². The Balaban J connectivity index is 1.39. The molecule has 1 aliphatic heterocycles. The topological polar surface area (TPSA) is 42.7 Å². The van der Waals surface area contributed by atoms with Crippen LogP contribution in [0.1, 0.15) is 22.9 Å². The molecule has 1 N–H and O–H groups in total. The fraction of sp³-hybridized carbons (Fsp3) is 0.333. The lowest BCUT2D eigenvalue weighted by Crippen LogP contribution is -2.37. The summed E-state index contributed by atoms with van der Waals surface area (Å²) in [6, 6.07) is 13.4. The molecule has 0 unspecified atom stereocenters. The molecule has 0 spiro atoms. The van der Waals surface area contributed by atoms with Gasteiger partial charge in [-0.25, -0.2) is 0 Å². The van der Waals surface area contributed by atoms with Crippen LogP contribution >= 0.6 is 11.3 Å². The van der Waals surface area contributed by atoms with Gasteiger partial charge in [0.05, 0.1) is 0 Å². The monoisotopic (exact) mass is 324 g/mol. The second kappa shape index (κ2) is 6.26. The maximum Gasteiger partial charge on any atom is 0.133 e. The lowest BCUT2D eigenvalue weighted by atomic mass is 10.1. The number of nitrogens with zero attached hydrogens (tertiary/aromatic N) is 3. The molecule has 1 aromatic carbocycles. The van der Waals surface area contributed by atoms with Crippen molar-refractivity contribution < 1.29 is 0 Å². The van der Waals surface area contributed by atoms with E-state index in [1.807, 2.05) is 18.3 Å². The maximum atomic E-state index is 4.23. The molecule has 0 saturated heterocycles. The molecule has 0 aliphatic carbocycles. The molecule has 23 heavy (non-hydrogen) atoms. The van der Waals surface area contributed by atoms with Gasteiger partial charge in [-0.05, 0) is 35.9 Å². The fourth-order valence-electron chi connectivity index (χ4n) is 3.13. The zero-order valence-electron chi connectivity index (χ0n) is 13.2. The molecule has 0 radical (unpaired) electrons. The summed E-state index contributed by atoms with van der Waals surface area (Å²) in [6.07, 6.45) is 2.15. The number of hydrogen-bond donors (Lipinski definition) is 1. The first-order valence-corrected chi connectivity index (χ1v) is 8.92. The van der Waals surface area contributed by atoms with E-state index in [2.05, 4.69) is 61.9 Å². The highest BCUT2D eigenvalue weighted by Gasteiger charge is 2.21. The number of fused-ring (bicyclic) bond motifs is 1. The number of aryl methyl sites for hydroxylation is 2. The quantitative estimate of drug-likeness (QED) is 0.799. The maximum absolute atomic E-state index is 4.23. The number of hydrogen-bond acceptors (Lipinski definition) is 4. The Hall–Kier alpha value is -1.98. The van der Waals surface area contributed by atoms with Gasteiger partial charge in [0.1, 0.15) is 11.6 Å². The van der Waals surface area contributed by atoms with Crippen LogP contribution in [0.4, 0.5) is 0 Å². The van der Waals surface area contributed by atoms with Crippen LogP contribution in [-0.4, -0.2) is 20.8 Å². The van der Waals surface area contributed by atoms with E-state index in [-0.39, 0.29) is 0 Å². The molecule has 118 valence electrons. The number of aromatic nitrogens is 3. The van der Waals surface area contributed by atoms with Crippen LogP contribution in [0.3, 0.4) is 0 Å². The van der Waals surface area contributed by atoms with Gasteiger partial charge >= 0.3 is 0 Å². The van der Waals surface area contributed by atoms with Gasteiger partial charge in [0, 0.05) is 30.4 Å². The molecule has 1 atom stereocenters. The first-order chi connectivity index (χ1) is 11.3. The molecule has 5 heteroatoms. The molecule has 0 bridgehead atoms. The predicted octanol–water partition coefficient (Wildman–Crippen LogP) is 3.42. The lowest BCUT2D eigenvalue weighted by molar-refractivity contribution is 0.376. The van der Waals surface area contributed by atoms with E-state index in [9.17, 15) is 0 Å². The normalized spacial score (nSPS) is 17.2. The number of rotatable bonds is 4. The van der Waals surface area contributed by atoms with Crippen LogP contribution in [-0.2, 0) is 19.5 Å². The van der Waals surface area contributed by atoms with Crippen LogP contribution in [0.5, 0.6) is 0 Å². The highest BCUT2D eigenvalue weighted by atomic mass is 32.1. The summed E-state index contributed by atoms with van der Waals surface area (Å²) in [7, 11) is 0. The number of nitrogens with one attached hydrogen (secondary N) is 1. The van der Waals surface area contributed by atoms with Gasteiger partial charge in [0.25, 0.3) is 0 Å². The zero-order valence-corrected chi connectivity index (χ0v) is 14.0. The van der Waals surface area contributed by atoms with Gasteiger partial charge in [0.15, 0.2) is 0 Å². The average Bonchev–Trinajstić information content (AvgIpc) is 3.21. The van der Waals surface area contributed by atoms with E-state index in [0.29, 0.717) is 6.04 Å². The summed E-state index contributed by atoms with van der Waals surface area (Å²) < 4.78 is 2.24. The third-order valence-corrected chi connectivity index (χ3v) is 5.39. The summed E-state index contributed by atoms with van der Waals surface area (Å²) in [5, 5.41) is 14.3. The predicted molar refractivity (Wildman–Crippen MR) is 93.5 cm³/mol. The Bertz CT molecular complexity index is 790. The van der Waals surface area contributed by atoms with Gasteiger partial charge in [-0.15, -0.1) is 21.5 Å². The van der Waals surface area contributed by atoms with E-state index in [1.165, 1.54) is 16.0 Å². The van der Waals surface area contributed by atoms with Crippen molar-refractivity contribution in [3.8, 4) is 11.1 Å². The fourth-order valence-corrected chi connectivity index (χ4v) is 3.97. The number of thiophene rings is 1. The molecular weight excluding hydrogens is 304 g/mol. The van der Waals surface area contributed by atoms with Gasteiger partial charge in [-0.3, -0.25) is 0 Å². The van der Waals surface area contributed by atoms with E-state index in [0.717, 1.165) is 37.6 Å². The minimum atomic E-state index is 0.500. The summed E-state index contributed by atoms with van der Waals surface area (Å²) in [4.78, 5) is 1.38. The molecule has 4 nitrogen and oxygen atoms in total. The van der Waals surface area contributed by atoms with E-state index >= 15 is 0 Å². The van der Waals surface area contributed by atoms with E-state index in [1.54, 1.807) is 0 Å². The van der Waals surface area contributed by atoms with Crippen LogP contribution in [0, 0.1) is 6.92 Å². The van der Waals surface area contributed by atoms with Crippen molar-refractivity contribution in [2.45, 2.75) is 38.9 Å². The van der Waals surface area contributed by atoms with E-state index in [4.69, 9.17) is 0 Å². The molecule has 3 heterocycles. The van der Waals surface area contributed by atoms with Gasteiger partial charge < -0.3 is 9.88 Å². The SMILES string of the molecule is Cc1nnc2n1C[C@H](NCc1cc(-c3ccccc3)cs1)CC2. The summed E-state index contributed by atoms with van der Waals surface area (Å²) in [6.45, 7) is 3.94. The van der Waals surface area contributed by atoms with Crippen molar-refractivity contribution in [3.05, 3.63) is 58.3 Å². The first-order valence-electron chi connectivity index (χ1n) is 8.04. The zero-order chi connectivity index (χ0) is 15.6. The van der Waals surface area contributed by atoms with Crippen molar-refractivity contribution in [2.24, 2.45) is 0 Å². The van der Waals surface area contributed by atoms with Gasteiger partial charge in [-0.1, -0.05) is 30.3 Å². The summed E-state index contributed by atoms with van der Waals surface area (Å²) in [5.41, 5.74) is 2.60. The lowest BCUT2D eigenvalue weighted by Gasteiger charge is -2.24. The van der Waals surface area contributed by atoms with Crippen LogP contribution < -0.4 is 5.32 Å². The van der Waals surface area contributed by atoms with E-state index < -0.39 is 0 Å². The highest BCUT2D eigenvalue weighted by molar-refractivity contribution is 7.10. The third-order valence-electron chi connectivity index (χ3n) is 4.46. The third kappa shape index (κ3) is 3.07. The van der Waals surface area contributed by atoms with Crippen molar-refractivity contribution in [1.29, 1.82) is 0 Å². The van der Waals surface area contributed by atoms with Crippen molar-refractivity contribution in [1.82, 2.24) is 20.1 Å². The van der Waals surface area contributed by atoms with Gasteiger partial charge in [0.2, 0.25) is 0 Å². The van der Waals surface area contributed by atoms with Crippen LogP contribution in [0.2, 0.25) is 0 Å². The molecule has 2 aromatic heterocycles. The van der Waals surface area contributed by atoms with Crippen molar-refractivity contribution in [2.75, 3.05) is 0 Å². The standard InChI is InChI=1S/C18H20N4S/c1-13-20-21-18-8-7-16(11-22(13)18)19-10-17-9-15(12-23-17)14-5-3-2-4-6-14/h2-6,9,12,16,19H,7-8,10-11H2,1H3/t16-/m1/s1. The molecule has 0 fully saturated rings. The Morgan fingerprint density at radius 1 is 1.22 bits per heavy atom. The minimum Gasteiger partial charge on any atom is -0.314 e. The molecular formula is C18H20N4S. The largest absolute Gasteiger partial charge is 0.314 e. The highest BCUT2D eigenvalue weighted by Crippen LogP contribution is 2.25. The van der Waals surface area contributed by atoms with Gasteiger partial charge in [-0.2, -0.15) is 0 Å². The Kier molecular flexibility index (Phi) is 3.97. The van der Waals surface area contributed by atoms with Crippen LogP contribution in [0.15, 0.2) is 41.8 Å². The van der Waals surface area contributed by atoms with Crippen molar-refractivity contribution >= 4 is 11.3 Å².